The van der Waals surface area contributed by atoms with Gasteiger partial charge in [-0.05, 0) is 18.2 Å². The van der Waals surface area contributed by atoms with Crippen molar-refractivity contribution in [1.29, 1.82) is 0 Å². The number of ether oxygens (including phenoxy) is 1. The molecule has 2 heterocycles. The van der Waals surface area contributed by atoms with Crippen molar-refractivity contribution >= 4 is 16.8 Å². The van der Waals surface area contributed by atoms with Gasteiger partial charge in [-0.25, -0.2) is 4.39 Å². The number of amides is 1. The van der Waals surface area contributed by atoms with Crippen LogP contribution in [0, 0.1) is 5.82 Å². The maximum Gasteiger partial charge on any atom is 0.254 e. The van der Waals surface area contributed by atoms with Crippen LogP contribution in [0.15, 0.2) is 59.4 Å². The Morgan fingerprint density at radius 2 is 1.85 bits per heavy atom. The molecule has 1 amide bonds. The van der Waals surface area contributed by atoms with Crippen LogP contribution in [-0.4, -0.2) is 35.0 Å². The molecule has 138 valence electrons. The lowest BCUT2D eigenvalue weighted by Crippen LogP contribution is -2.42. The summed E-state index contributed by atoms with van der Waals surface area (Å²) in [5.41, 5.74) is 0.776. The van der Waals surface area contributed by atoms with E-state index in [0.29, 0.717) is 42.8 Å². The van der Waals surface area contributed by atoms with E-state index in [1.54, 1.807) is 23.1 Å². The summed E-state index contributed by atoms with van der Waals surface area (Å²) in [5, 5.41) is 0.736. The summed E-state index contributed by atoms with van der Waals surface area (Å²) in [6, 6.07) is 14.7. The van der Waals surface area contributed by atoms with Gasteiger partial charge in [-0.3, -0.25) is 9.59 Å². The lowest BCUT2D eigenvalue weighted by molar-refractivity contribution is 0.0597. The highest BCUT2D eigenvalue weighted by molar-refractivity contribution is 6.05. The number of pyridine rings is 1. The number of carbonyl (C=O) groups excluding carboxylic acids is 1. The van der Waals surface area contributed by atoms with Crippen LogP contribution >= 0.6 is 0 Å². The highest BCUT2D eigenvalue weighted by atomic mass is 19.1. The molecule has 1 saturated heterocycles. The van der Waals surface area contributed by atoms with E-state index < -0.39 is 0 Å². The van der Waals surface area contributed by atoms with Gasteiger partial charge in [0.15, 0.2) is 0 Å². The molecule has 5 nitrogen and oxygen atoms in total. The topological polar surface area (TPSA) is 62.4 Å². The number of hydrogen-bond donors (Lipinski definition) is 1. The predicted molar refractivity (Wildman–Crippen MR) is 101 cm³/mol. The van der Waals surface area contributed by atoms with Crippen LogP contribution < -0.4 is 10.3 Å². The van der Waals surface area contributed by atoms with Crippen LogP contribution in [-0.2, 0) is 0 Å². The molecule has 0 unspecified atom stereocenters. The van der Waals surface area contributed by atoms with Crippen molar-refractivity contribution in [3.8, 4) is 5.75 Å². The second-order valence-electron chi connectivity index (χ2n) is 6.66. The normalized spacial score (nSPS) is 15.1. The zero-order valence-corrected chi connectivity index (χ0v) is 14.7. The first-order valence-corrected chi connectivity index (χ1v) is 8.94. The quantitative estimate of drug-likeness (QED) is 0.773. The van der Waals surface area contributed by atoms with E-state index in [2.05, 4.69) is 4.98 Å². The highest BCUT2D eigenvalue weighted by Gasteiger charge is 2.26. The molecule has 1 aliphatic heterocycles. The van der Waals surface area contributed by atoms with Crippen molar-refractivity contribution < 1.29 is 13.9 Å². The van der Waals surface area contributed by atoms with E-state index in [4.69, 9.17) is 4.74 Å². The van der Waals surface area contributed by atoms with Gasteiger partial charge in [-0.15, -0.1) is 0 Å². The SMILES string of the molecule is O=C(c1cc(=O)[nH]c2ccccc12)N1CCC(Oc2cccc(F)c2)CC1. The van der Waals surface area contributed by atoms with Gasteiger partial charge < -0.3 is 14.6 Å². The average Bonchev–Trinajstić information content (AvgIpc) is 2.67. The van der Waals surface area contributed by atoms with Crippen LogP contribution in [0.2, 0.25) is 0 Å². The number of aromatic nitrogens is 1. The van der Waals surface area contributed by atoms with Crippen LogP contribution in [0.25, 0.3) is 10.9 Å². The van der Waals surface area contributed by atoms with Crippen molar-refractivity contribution in [2.24, 2.45) is 0 Å². The molecule has 0 bridgehead atoms. The van der Waals surface area contributed by atoms with Crippen molar-refractivity contribution in [2.75, 3.05) is 13.1 Å². The Hall–Kier alpha value is -3.15. The van der Waals surface area contributed by atoms with Crippen molar-refractivity contribution in [2.45, 2.75) is 18.9 Å². The minimum atomic E-state index is -0.332. The second-order valence-corrected chi connectivity index (χ2v) is 6.66. The molecule has 0 spiro atoms. The summed E-state index contributed by atoms with van der Waals surface area (Å²) >= 11 is 0. The summed E-state index contributed by atoms with van der Waals surface area (Å²) in [6.07, 6.45) is 1.25. The molecule has 1 fully saturated rings. The van der Waals surface area contributed by atoms with E-state index in [0.717, 1.165) is 5.39 Å². The average molecular weight is 366 g/mol. The number of likely N-dealkylation sites (tertiary alicyclic amines) is 1. The molecule has 0 radical (unpaired) electrons. The second kappa shape index (κ2) is 7.23. The van der Waals surface area contributed by atoms with Crippen LogP contribution in [0.5, 0.6) is 5.75 Å². The first-order chi connectivity index (χ1) is 13.1. The molecule has 1 aromatic heterocycles. The van der Waals surface area contributed by atoms with Crippen LogP contribution in [0.4, 0.5) is 4.39 Å². The maximum absolute atomic E-state index is 13.3. The molecule has 6 heteroatoms. The summed E-state index contributed by atoms with van der Waals surface area (Å²) in [6.45, 7) is 1.06. The maximum atomic E-state index is 13.3. The largest absolute Gasteiger partial charge is 0.490 e. The third-order valence-corrected chi connectivity index (χ3v) is 4.81. The fourth-order valence-electron chi connectivity index (χ4n) is 3.46. The van der Waals surface area contributed by atoms with Gasteiger partial charge in [0.05, 0.1) is 5.56 Å². The number of halogens is 1. The molecule has 1 N–H and O–H groups in total. The monoisotopic (exact) mass is 366 g/mol. The van der Waals surface area contributed by atoms with Crippen LogP contribution in [0.1, 0.15) is 23.2 Å². The molecular formula is C21H19FN2O3. The lowest BCUT2D eigenvalue weighted by atomic mass is 10.0. The fourth-order valence-corrected chi connectivity index (χ4v) is 3.46. The number of fused-ring (bicyclic) bond motifs is 1. The fraction of sp³-hybridized carbons (Fsp3) is 0.238. The minimum absolute atomic E-state index is 0.0632. The molecule has 4 rings (SSSR count). The van der Waals surface area contributed by atoms with Gasteiger partial charge in [0.1, 0.15) is 17.7 Å². The Kier molecular flexibility index (Phi) is 4.62. The number of hydrogen-bond acceptors (Lipinski definition) is 3. The molecule has 27 heavy (non-hydrogen) atoms. The van der Waals surface area contributed by atoms with E-state index in [1.807, 2.05) is 18.2 Å². The summed E-state index contributed by atoms with van der Waals surface area (Å²) < 4.78 is 19.1. The summed E-state index contributed by atoms with van der Waals surface area (Å²) in [7, 11) is 0. The number of benzene rings is 2. The van der Waals surface area contributed by atoms with Gasteiger partial charge >= 0.3 is 0 Å². The highest BCUT2D eigenvalue weighted by Crippen LogP contribution is 2.22. The molecule has 1 aliphatic rings. The third kappa shape index (κ3) is 3.69. The summed E-state index contributed by atoms with van der Waals surface area (Å²) in [5.74, 6) is 0.0168. The standard InChI is InChI=1S/C21H19FN2O3/c22-14-4-3-5-16(12-14)27-15-8-10-24(11-9-15)21(26)18-13-20(25)23-19-7-2-1-6-17(18)19/h1-7,12-13,15H,8-11H2,(H,23,25). The third-order valence-electron chi connectivity index (χ3n) is 4.81. The lowest BCUT2D eigenvalue weighted by Gasteiger charge is -2.32. The van der Waals surface area contributed by atoms with E-state index >= 15 is 0 Å². The van der Waals surface area contributed by atoms with Gasteiger partial charge in [0, 0.05) is 49.0 Å². The Morgan fingerprint density at radius 1 is 1.07 bits per heavy atom. The molecule has 2 aromatic carbocycles. The van der Waals surface area contributed by atoms with Gasteiger partial charge in [-0.2, -0.15) is 0 Å². The smallest absolute Gasteiger partial charge is 0.254 e. The van der Waals surface area contributed by atoms with Gasteiger partial charge in [-0.1, -0.05) is 24.3 Å². The number of piperidine rings is 1. The van der Waals surface area contributed by atoms with E-state index in [9.17, 15) is 14.0 Å². The number of rotatable bonds is 3. The van der Waals surface area contributed by atoms with Crippen LogP contribution in [0.3, 0.4) is 0 Å². The number of aromatic amines is 1. The first kappa shape index (κ1) is 17.3. The Bertz CT molecular complexity index is 1040. The molecule has 0 atom stereocenters. The summed E-state index contributed by atoms with van der Waals surface area (Å²) in [4.78, 5) is 29.3. The number of H-pyrrole nitrogens is 1. The van der Waals surface area contributed by atoms with Crippen molar-refractivity contribution in [3.05, 3.63) is 76.3 Å². The first-order valence-electron chi connectivity index (χ1n) is 8.94. The molecule has 3 aromatic rings. The van der Waals surface area contributed by atoms with Gasteiger partial charge in [0.2, 0.25) is 5.56 Å². The zero-order chi connectivity index (χ0) is 18.8. The number of para-hydroxylation sites is 1. The molecule has 0 aliphatic carbocycles. The van der Waals surface area contributed by atoms with E-state index in [-0.39, 0.29) is 23.4 Å². The Morgan fingerprint density at radius 3 is 2.63 bits per heavy atom. The minimum Gasteiger partial charge on any atom is -0.490 e. The predicted octanol–water partition coefficient (Wildman–Crippen LogP) is 3.35. The van der Waals surface area contributed by atoms with Crippen molar-refractivity contribution in [1.82, 2.24) is 9.88 Å². The Labute approximate surface area is 155 Å². The molecular weight excluding hydrogens is 347 g/mol. The van der Waals surface area contributed by atoms with Crippen molar-refractivity contribution in [3.63, 3.8) is 0 Å². The van der Waals surface area contributed by atoms with E-state index in [1.165, 1.54) is 18.2 Å². The Balaban J connectivity index is 1.47. The molecule has 0 saturated carbocycles. The van der Waals surface area contributed by atoms with Gasteiger partial charge in [0.25, 0.3) is 5.91 Å². The number of nitrogens with zero attached hydrogens (tertiary/aromatic N) is 1. The number of carbonyl (C=O) groups is 1. The number of nitrogens with one attached hydrogen (secondary N) is 1. The zero-order valence-electron chi connectivity index (χ0n) is 14.7.